The maximum absolute atomic E-state index is 13.5. The van der Waals surface area contributed by atoms with Crippen molar-refractivity contribution in [1.29, 1.82) is 0 Å². The van der Waals surface area contributed by atoms with Gasteiger partial charge in [0.05, 0.1) is 5.92 Å². The van der Waals surface area contributed by atoms with Crippen LogP contribution in [0.5, 0.6) is 0 Å². The summed E-state index contributed by atoms with van der Waals surface area (Å²) < 4.78 is 26.2. The quantitative estimate of drug-likeness (QED) is 0.899. The molecule has 1 saturated heterocycles. The first-order valence-electron chi connectivity index (χ1n) is 5.86. The molecular formula is C13H15F2NO2. The van der Waals surface area contributed by atoms with E-state index in [4.69, 9.17) is 5.11 Å². The summed E-state index contributed by atoms with van der Waals surface area (Å²) in [5.74, 6) is -2.36. The van der Waals surface area contributed by atoms with E-state index in [1.807, 2.05) is 11.8 Å². The lowest BCUT2D eigenvalue weighted by molar-refractivity contribution is -0.142. The van der Waals surface area contributed by atoms with Gasteiger partial charge in [-0.3, -0.25) is 9.69 Å². The van der Waals surface area contributed by atoms with Gasteiger partial charge in [0, 0.05) is 31.3 Å². The van der Waals surface area contributed by atoms with Gasteiger partial charge in [-0.05, 0) is 12.0 Å². The summed E-state index contributed by atoms with van der Waals surface area (Å²) in [7, 11) is 0. The van der Waals surface area contributed by atoms with Gasteiger partial charge in [0.25, 0.3) is 0 Å². The molecule has 1 N–H and O–H groups in total. The molecule has 1 aromatic rings. The number of benzene rings is 1. The fourth-order valence-corrected chi connectivity index (χ4v) is 2.41. The molecule has 0 amide bonds. The molecule has 18 heavy (non-hydrogen) atoms. The first-order chi connectivity index (χ1) is 8.47. The third kappa shape index (κ3) is 2.67. The summed E-state index contributed by atoms with van der Waals surface area (Å²) in [4.78, 5) is 12.9. The minimum Gasteiger partial charge on any atom is -0.481 e. The summed E-state index contributed by atoms with van der Waals surface area (Å²) in [6, 6.07) is 3.47. The molecule has 1 aliphatic rings. The molecule has 2 rings (SSSR count). The third-order valence-electron chi connectivity index (χ3n) is 3.41. The highest BCUT2D eigenvalue weighted by molar-refractivity contribution is 5.71. The molecule has 3 nitrogen and oxygen atoms in total. The summed E-state index contributed by atoms with van der Waals surface area (Å²) in [6.45, 7) is 3.22. The first-order valence-corrected chi connectivity index (χ1v) is 5.86. The number of carbonyl (C=O) groups is 1. The number of hydrogen-bond acceptors (Lipinski definition) is 2. The van der Waals surface area contributed by atoms with Crippen LogP contribution in [0.15, 0.2) is 18.2 Å². The SMILES string of the molecule is CC1CN(Cc2ccc(F)cc2F)CC1C(=O)O. The van der Waals surface area contributed by atoms with Gasteiger partial charge in [-0.15, -0.1) is 0 Å². The monoisotopic (exact) mass is 255 g/mol. The third-order valence-corrected chi connectivity index (χ3v) is 3.41. The van der Waals surface area contributed by atoms with E-state index in [-0.39, 0.29) is 5.92 Å². The van der Waals surface area contributed by atoms with E-state index in [1.54, 1.807) is 0 Å². The second-order valence-electron chi connectivity index (χ2n) is 4.85. The minimum absolute atomic E-state index is 0.0472. The van der Waals surface area contributed by atoms with Crippen LogP contribution in [0.1, 0.15) is 12.5 Å². The van der Waals surface area contributed by atoms with Gasteiger partial charge >= 0.3 is 5.97 Å². The molecule has 5 heteroatoms. The van der Waals surface area contributed by atoms with Crippen LogP contribution < -0.4 is 0 Å². The number of halogens is 2. The van der Waals surface area contributed by atoms with E-state index in [9.17, 15) is 13.6 Å². The highest BCUT2D eigenvalue weighted by Crippen LogP contribution is 2.25. The van der Waals surface area contributed by atoms with E-state index < -0.39 is 23.5 Å². The highest BCUT2D eigenvalue weighted by atomic mass is 19.1. The fourth-order valence-electron chi connectivity index (χ4n) is 2.41. The van der Waals surface area contributed by atoms with Gasteiger partial charge in [-0.2, -0.15) is 0 Å². The maximum atomic E-state index is 13.5. The van der Waals surface area contributed by atoms with Crippen LogP contribution in [0.3, 0.4) is 0 Å². The zero-order chi connectivity index (χ0) is 13.3. The Morgan fingerprint density at radius 3 is 2.72 bits per heavy atom. The number of carboxylic acids is 1. The number of rotatable bonds is 3. The van der Waals surface area contributed by atoms with Crippen molar-refractivity contribution in [3.63, 3.8) is 0 Å². The average Bonchev–Trinajstić information content (AvgIpc) is 2.64. The van der Waals surface area contributed by atoms with Crippen LogP contribution in [0.4, 0.5) is 8.78 Å². The van der Waals surface area contributed by atoms with Gasteiger partial charge in [0.1, 0.15) is 11.6 Å². The van der Waals surface area contributed by atoms with Crippen molar-refractivity contribution in [2.45, 2.75) is 13.5 Å². The van der Waals surface area contributed by atoms with Crippen LogP contribution in [0, 0.1) is 23.5 Å². The van der Waals surface area contributed by atoms with Gasteiger partial charge < -0.3 is 5.11 Å². The van der Waals surface area contributed by atoms with Crippen molar-refractivity contribution >= 4 is 5.97 Å². The lowest BCUT2D eigenvalue weighted by atomic mass is 9.99. The second kappa shape index (κ2) is 5.02. The highest BCUT2D eigenvalue weighted by Gasteiger charge is 2.34. The number of nitrogens with zero attached hydrogens (tertiary/aromatic N) is 1. The number of aliphatic carboxylic acids is 1. The van der Waals surface area contributed by atoms with Crippen LogP contribution in [-0.2, 0) is 11.3 Å². The molecule has 0 aromatic heterocycles. The zero-order valence-electron chi connectivity index (χ0n) is 10.1. The number of hydrogen-bond donors (Lipinski definition) is 1. The molecule has 1 fully saturated rings. The van der Waals surface area contributed by atoms with Crippen LogP contribution >= 0.6 is 0 Å². The van der Waals surface area contributed by atoms with Crippen molar-refractivity contribution < 1.29 is 18.7 Å². The van der Waals surface area contributed by atoms with Crippen molar-refractivity contribution in [2.24, 2.45) is 11.8 Å². The molecule has 98 valence electrons. The van der Waals surface area contributed by atoms with Gasteiger partial charge in [-0.1, -0.05) is 13.0 Å². The second-order valence-corrected chi connectivity index (χ2v) is 4.85. The van der Waals surface area contributed by atoms with E-state index in [2.05, 4.69) is 0 Å². The van der Waals surface area contributed by atoms with Gasteiger partial charge in [0.2, 0.25) is 0 Å². The molecule has 0 spiro atoms. The Balaban J connectivity index is 2.05. The summed E-state index contributed by atoms with van der Waals surface area (Å²) in [5.41, 5.74) is 0.398. The fraction of sp³-hybridized carbons (Fsp3) is 0.462. The van der Waals surface area contributed by atoms with Crippen molar-refractivity contribution in [1.82, 2.24) is 4.90 Å². The Bertz CT molecular complexity index is 464. The zero-order valence-corrected chi connectivity index (χ0v) is 10.1. The maximum Gasteiger partial charge on any atom is 0.308 e. The molecule has 0 bridgehead atoms. The van der Waals surface area contributed by atoms with Crippen molar-refractivity contribution in [2.75, 3.05) is 13.1 Å². The van der Waals surface area contributed by atoms with E-state index in [0.717, 1.165) is 6.07 Å². The average molecular weight is 255 g/mol. The molecule has 0 saturated carbocycles. The summed E-state index contributed by atoms with van der Waals surface area (Å²) >= 11 is 0. The van der Waals surface area contributed by atoms with Crippen LogP contribution in [-0.4, -0.2) is 29.1 Å². The van der Waals surface area contributed by atoms with Crippen LogP contribution in [0.25, 0.3) is 0 Å². The summed E-state index contributed by atoms with van der Waals surface area (Å²) in [5, 5.41) is 9.01. The largest absolute Gasteiger partial charge is 0.481 e. The van der Waals surface area contributed by atoms with E-state index in [1.165, 1.54) is 12.1 Å². The number of carboxylic acid groups (broad SMARTS) is 1. The van der Waals surface area contributed by atoms with Gasteiger partial charge in [0.15, 0.2) is 0 Å². The predicted octanol–water partition coefficient (Wildman–Crippen LogP) is 2.12. The molecule has 2 unspecified atom stereocenters. The Kier molecular flexibility index (Phi) is 3.61. The Hall–Kier alpha value is -1.49. The first kappa shape index (κ1) is 13.0. The molecule has 0 aliphatic carbocycles. The minimum atomic E-state index is -0.815. The molecule has 1 aliphatic heterocycles. The summed E-state index contributed by atoms with van der Waals surface area (Å²) in [6.07, 6.45) is 0. The predicted molar refractivity (Wildman–Crippen MR) is 61.9 cm³/mol. The van der Waals surface area contributed by atoms with E-state index in [0.29, 0.717) is 25.2 Å². The van der Waals surface area contributed by atoms with Crippen molar-refractivity contribution in [3.8, 4) is 0 Å². The molecule has 1 heterocycles. The molecular weight excluding hydrogens is 240 g/mol. The Labute approximate surface area is 104 Å². The molecule has 1 aromatic carbocycles. The molecule has 2 atom stereocenters. The van der Waals surface area contributed by atoms with Gasteiger partial charge in [-0.25, -0.2) is 8.78 Å². The van der Waals surface area contributed by atoms with Crippen molar-refractivity contribution in [3.05, 3.63) is 35.4 Å². The smallest absolute Gasteiger partial charge is 0.308 e. The normalized spacial score (nSPS) is 24.4. The number of likely N-dealkylation sites (tertiary alicyclic amines) is 1. The Morgan fingerprint density at radius 1 is 1.44 bits per heavy atom. The lowest BCUT2D eigenvalue weighted by Gasteiger charge is -2.15. The standard InChI is InChI=1S/C13H15F2NO2/c1-8-5-16(7-11(8)13(17)18)6-9-2-3-10(14)4-12(9)15/h2-4,8,11H,5-7H2,1H3,(H,17,18). The lowest BCUT2D eigenvalue weighted by Crippen LogP contribution is -2.23. The van der Waals surface area contributed by atoms with Crippen LogP contribution in [0.2, 0.25) is 0 Å². The molecule has 0 radical (unpaired) electrons. The van der Waals surface area contributed by atoms with E-state index >= 15 is 0 Å². The Morgan fingerprint density at radius 2 is 2.17 bits per heavy atom. The topological polar surface area (TPSA) is 40.5 Å².